The Morgan fingerprint density at radius 2 is 2.12 bits per heavy atom. The Bertz CT molecular complexity index is 270. The molecule has 5 heteroatoms. The number of nitrogens with zero attached hydrogens (tertiary/aromatic N) is 1. The molecule has 0 spiro atoms. The highest BCUT2D eigenvalue weighted by molar-refractivity contribution is 5.68. The first-order valence-electron chi connectivity index (χ1n) is 6.32. The zero-order chi connectivity index (χ0) is 12.3. The minimum absolute atomic E-state index is 0.185. The first-order valence-corrected chi connectivity index (χ1v) is 6.32. The molecule has 1 N–H and O–H groups in total. The van der Waals surface area contributed by atoms with Crippen molar-refractivity contribution >= 4 is 5.97 Å². The van der Waals surface area contributed by atoms with Gasteiger partial charge in [0.1, 0.15) is 0 Å². The van der Waals surface area contributed by atoms with E-state index in [1.807, 2.05) is 6.92 Å². The zero-order valence-electron chi connectivity index (χ0n) is 10.4. The van der Waals surface area contributed by atoms with Crippen molar-refractivity contribution in [1.82, 2.24) is 4.90 Å². The molecule has 0 aromatic carbocycles. The summed E-state index contributed by atoms with van der Waals surface area (Å²) in [6, 6.07) is 0. The van der Waals surface area contributed by atoms with Gasteiger partial charge >= 0.3 is 5.97 Å². The van der Waals surface area contributed by atoms with E-state index in [9.17, 15) is 4.79 Å². The molecule has 0 aromatic heterocycles. The van der Waals surface area contributed by atoms with Crippen LogP contribution in [0.3, 0.4) is 0 Å². The molecule has 1 aliphatic carbocycles. The van der Waals surface area contributed by atoms with Gasteiger partial charge in [-0.2, -0.15) is 0 Å². The summed E-state index contributed by atoms with van der Waals surface area (Å²) in [6.45, 7) is 5.78. The summed E-state index contributed by atoms with van der Waals surface area (Å²) in [4.78, 5) is 13.3. The summed E-state index contributed by atoms with van der Waals surface area (Å²) >= 11 is 0. The number of rotatable bonds is 5. The van der Waals surface area contributed by atoms with Crippen LogP contribution in [-0.4, -0.2) is 60.5 Å². The van der Waals surface area contributed by atoms with E-state index in [-0.39, 0.29) is 18.1 Å². The summed E-state index contributed by atoms with van der Waals surface area (Å²) in [7, 11) is 0. The maximum absolute atomic E-state index is 11.0. The predicted octanol–water partition coefficient (Wildman–Crippen LogP) is 0.731. The van der Waals surface area contributed by atoms with Gasteiger partial charge in [0.05, 0.1) is 25.7 Å². The van der Waals surface area contributed by atoms with E-state index in [0.717, 1.165) is 25.9 Å². The highest BCUT2D eigenvalue weighted by Gasteiger charge is 2.50. The molecule has 1 heterocycles. The summed E-state index contributed by atoms with van der Waals surface area (Å²) in [6.07, 6.45) is 2.14. The third-order valence-corrected chi connectivity index (χ3v) is 3.78. The van der Waals surface area contributed by atoms with Crippen molar-refractivity contribution in [1.29, 1.82) is 0 Å². The highest BCUT2D eigenvalue weighted by Crippen LogP contribution is 2.42. The van der Waals surface area contributed by atoms with Crippen LogP contribution < -0.4 is 0 Å². The zero-order valence-corrected chi connectivity index (χ0v) is 10.4. The lowest BCUT2D eigenvalue weighted by Crippen LogP contribution is -2.63. The van der Waals surface area contributed by atoms with Crippen LogP contribution in [0.25, 0.3) is 0 Å². The molecule has 2 fully saturated rings. The Hall–Kier alpha value is -0.650. The van der Waals surface area contributed by atoms with Gasteiger partial charge in [0, 0.05) is 25.2 Å². The summed E-state index contributed by atoms with van der Waals surface area (Å²) in [5.74, 6) is -0.716. The smallest absolute Gasteiger partial charge is 0.305 e. The Kier molecular flexibility index (Phi) is 4.01. The number of hydrogen-bond acceptors (Lipinski definition) is 4. The minimum Gasteiger partial charge on any atom is -0.481 e. The van der Waals surface area contributed by atoms with E-state index in [4.69, 9.17) is 14.6 Å². The van der Waals surface area contributed by atoms with Crippen LogP contribution in [0, 0.1) is 0 Å². The first kappa shape index (κ1) is 12.8. The van der Waals surface area contributed by atoms with Crippen LogP contribution >= 0.6 is 0 Å². The quantitative estimate of drug-likeness (QED) is 0.771. The van der Waals surface area contributed by atoms with E-state index in [1.54, 1.807) is 0 Å². The van der Waals surface area contributed by atoms with Crippen LogP contribution in [0.4, 0.5) is 0 Å². The number of morpholine rings is 1. The Balaban J connectivity index is 1.96. The molecule has 0 unspecified atom stereocenters. The summed E-state index contributed by atoms with van der Waals surface area (Å²) in [5.41, 5.74) is -0.185. The number of aliphatic carboxylic acids is 1. The average molecular weight is 243 g/mol. The molecule has 1 aliphatic heterocycles. The van der Waals surface area contributed by atoms with Crippen molar-refractivity contribution in [3.05, 3.63) is 0 Å². The largest absolute Gasteiger partial charge is 0.481 e. The molecule has 17 heavy (non-hydrogen) atoms. The van der Waals surface area contributed by atoms with Gasteiger partial charge in [0.15, 0.2) is 0 Å². The standard InChI is InChI=1S/C12H21NO4/c1-2-17-10-7-12(8-10,9-11(14)15)13-3-5-16-6-4-13/h10H,2-9H2,1H3,(H,14,15). The molecule has 2 aliphatic rings. The van der Waals surface area contributed by atoms with E-state index in [0.29, 0.717) is 19.8 Å². The second kappa shape index (κ2) is 5.33. The predicted molar refractivity (Wildman–Crippen MR) is 62.0 cm³/mol. The normalized spacial score (nSPS) is 34.3. The second-order valence-corrected chi connectivity index (χ2v) is 4.88. The topological polar surface area (TPSA) is 59.0 Å². The molecule has 0 radical (unpaired) electrons. The number of carboxylic acids is 1. The van der Waals surface area contributed by atoms with Gasteiger partial charge in [-0.25, -0.2) is 0 Å². The van der Waals surface area contributed by atoms with E-state index >= 15 is 0 Å². The van der Waals surface area contributed by atoms with Gasteiger partial charge in [0.25, 0.3) is 0 Å². The minimum atomic E-state index is -0.716. The lowest BCUT2D eigenvalue weighted by molar-refractivity contribution is -0.157. The molecule has 2 rings (SSSR count). The number of ether oxygens (including phenoxy) is 2. The molecule has 98 valence electrons. The molecule has 5 nitrogen and oxygen atoms in total. The van der Waals surface area contributed by atoms with Crippen molar-refractivity contribution < 1.29 is 19.4 Å². The van der Waals surface area contributed by atoms with Gasteiger partial charge in [-0.3, -0.25) is 9.69 Å². The molecule has 0 amide bonds. The second-order valence-electron chi connectivity index (χ2n) is 4.88. The maximum Gasteiger partial charge on any atom is 0.305 e. The molecule has 1 saturated heterocycles. The SMILES string of the molecule is CCOC1CC(CC(=O)O)(N2CCOCC2)C1. The van der Waals surface area contributed by atoms with Gasteiger partial charge in [-0.1, -0.05) is 0 Å². The van der Waals surface area contributed by atoms with E-state index < -0.39 is 5.97 Å². The third kappa shape index (κ3) is 2.78. The fourth-order valence-corrected chi connectivity index (χ4v) is 2.97. The van der Waals surface area contributed by atoms with Crippen molar-refractivity contribution in [3.8, 4) is 0 Å². The fraction of sp³-hybridized carbons (Fsp3) is 0.917. The van der Waals surface area contributed by atoms with E-state index in [1.165, 1.54) is 0 Å². The average Bonchev–Trinajstić information content (AvgIpc) is 2.26. The van der Waals surface area contributed by atoms with Gasteiger partial charge in [-0.05, 0) is 19.8 Å². The lowest BCUT2D eigenvalue weighted by atomic mass is 9.70. The van der Waals surface area contributed by atoms with Crippen molar-refractivity contribution in [2.24, 2.45) is 0 Å². The van der Waals surface area contributed by atoms with Crippen molar-refractivity contribution in [2.75, 3.05) is 32.9 Å². The number of carbonyl (C=O) groups is 1. The van der Waals surface area contributed by atoms with E-state index in [2.05, 4.69) is 4.90 Å². The number of hydrogen-bond donors (Lipinski definition) is 1. The molecule has 0 atom stereocenters. The summed E-state index contributed by atoms with van der Waals surface area (Å²) < 4.78 is 10.9. The van der Waals surface area contributed by atoms with Crippen LogP contribution in [0.5, 0.6) is 0 Å². The Labute approximate surface area is 102 Å². The van der Waals surface area contributed by atoms with Crippen LogP contribution in [0.2, 0.25) is 0 Å². The fourth-order valence-electron chi connectivity index (χ4n) is 2.97. The van der Waals surface area contributed by atoms with Gasteiger partial charge in [0.2, 0.25) is 0 Å². The maximum atomic E-state index is 11.0. The van der Waals surface area contributed by atoms with Crippen molar-refractivity contribution in [3.63, 3.8) is 0 Å². The highest BCUT2D eigenvalue weighted by atomic mass is 16.5. The van der Waals surface area contributed by atoms with Crippen molar-refractivity contribution in [2.45, 2.75) is 37.8 Å². The first-order chi connectivity index (χ1) is 8.16. The monoisotopic (exact) mass is 243 g/mol. The lowest BCUT2D eigenvalue weighted by Gasteiger charge is -2.54. The van der Waals surface area contributed by atoms with Crippen LogP contribution in [0.15, 0.2) is 0 Å². The molecule has 1 saturated carbocycles. The van der Waals surface area contributed by atoms with Gasteiger partial charge < -0.3 is 14.6 Å². The molecule has 0 bridgehead atoms. The Morgan fingerprint density at radius 3 is 2.65 bits per heavy atom. The van der Waals surface area contributed by atoms with Crippen LogP contribution in [0.1, 0.15) is 26.2 Å². The Morgan fingerprint density at radius 1 is 1.47 bits per heavy atom. The summed E-state index contributed by atoms with van der Waals surface area (Å²) in [5, 5.41) is 9.06. The third-order valence-electron chi connectivity index (χ3n) is 3.78. The molecular weight excluding hydrogens is 222 g/mol. The number of carboxylic acid groups (broad SMARTS) is 1. The molecular formula is C12H21NO4. The van der Waals surface area contributed by atoms with Gasteiger partial charge in [-0.15, -0.1) is 0 Å². The molecule has 0 aromatic rings. The van der Waals surface area contributed by atoms with Crippen LogP contribution in [-0.2, 0) is 14.3 Å².